The second-order valence-electron chi connectivity index (χ2n) is 5.56. The molecule has 0 aliphatic heterocycles. The molecule has 0 bridgehead atoms. The van der Waals surface area contributed by atoms with Gasteiger partial charge in [0.1, 0.15) is 18.3 Å². The summed E-state index contributed by atoms with van der Waals surface area (Å²) in [6.07, 6.45) is 1.69. The smallest absolute Gasteiger partial charge is 0.230 e. The van der Waals surface area contributed by atoms with Crippen LogP contribution in [0.5, 0.6) is 0 Å². The Morgan fingerprint density at radius 3 is 2.75 bits per heavy atom. The molecule has 2 aromatic heterocycles. The molecule has 0 fully saturated rings. The van der Waals surface area contributed by atoms with Crippen molar-refractivity contribution in [1.29, 1.82) is 0 Å². The number of hydrogen-bond acceptors (Lipinski definition) is 4. The topological polar surface area (TPSA) is 63.0 Å². The lowest BCUT2D eigenvalue weighted by molar-refractivity contribution is -0.710. The van der Waals surface area contributed by atoms with E-state index in [0.29, 0.717) is 5.13 Å². The first-order chi connectivity index (χ1) is 11.6. The van der Waals surface area contributed by atoms with Crippen LogP contribution in [0.3, 0.4) is 0 Å². The van der Waals surface area contributed by atoms with Gasteiger partial charge in [-0.25, -0.2) is 4.98 Å². The summed E-state index contributed by atoms with van der Waals surface area (Å²) in [4.78, 5) is 18.3. The largest absolute Gasteiger partial charge is 0.463 e. The van der Waals surface area contributed by atoms with E-state index in [1.165, 1.54) is 11.3 Å². The van der Waals surface area contributed by atoms with E-state index in [4.69, 9.17) is 4.42 Å². The summed E-state index contributed by atoms with van der Waals surface area (Å²) in [6.45, 7) is 4.38. The van der Waals surface area contributed by atoms with E-state index in [1.807, 2.05) is 47.8 Å². The highest BCUT2D eigenvalue weighted by molar-refractivity contribution is 7.14. The molecule has 0 spiro atoms. The number of para-hydroxylation sites is 1. The summed E-state index contributed by atoms with van der Waals surface area (Å²) in [6, 6.07) is 13.7. The molecule has 0 unspecified atom stereocenters. The minimum absolute atomic E-state index is 0.0463. The van der Waals surface area contributed by atoms with Gasteiger partial charge in [-0.1, -0.05) is 18.2 Å². The van der Waals surface area contributed by atoms with Crippen molar-refractivity contribution in [3.05, 3.63) is 65.6 Å². The molecule has 2 N–H and O–H groups in total. The number of hydrogen-bond donors (Lipinski definition) is 1. The van der Waals surface area contributed by atoms with E-state index < -0.39 is 0 Å². The van der Waals surface area contributed by atoms with Crippen molar-refractivity contribution < 1.29 is 14.5 Å². The zero-order valence-corrected chi connectivity index (χ0v) is 14.5. The third kappa shape index (κ3) is 3.72. The average molecular weight is 342 g/mol. The zero-order chi connectivity index (χ0) is 16.9. The molecule has 1 aromatic carbocycles. The first-order valence-corrected chi connectivity index (χ1v) is 8.70. The lowest BCUT2D eigenvalue weighted by atomic mass is 10.2. The van der Waals surface area contributed by atoms with Crippen molar-refractivity contribution in [2.75, 3.05) is 4.90 Å². The van der Waals surface area contributed by atoms with Crippen LogP contribution in [0.2, 0.25) is 0 Å². The Bertz CT molecular complexity index is 784. The summed E-state index contributed by atoms with van der Waals surface area (Å²) < 4.78 is 5.41. The Hall–Kier alpha value is -2.44. The van der Waals surface area contributed by atoms with E-state index in [1.54, 1.807) is 18.1 Å². The molecule has 24 heavy (non-hydrogen) atoms. The van der Waals surface area contributed by atoms with Crippen LogP contribution in [0.15, 0.2) is 58.5 Å². The summed E-state index contributed by atoms with van der Waals surface area (Å²) in [7, 11) is 0. The fraction of sp³-hybridized carbons (Fsp3) is 0.222. The van der Waals surface area contributed by atoms with Crippen LogP contribution in [0.4, 0.5) is 10.8 Å². The second-order valence-corrected chi connectivity index (χ2v) is 6.39. The minimum Gasteiger partial charge on any atom is -0.463 e. The van der Waals surface area contributed by atoms with Crippen LogP contribution in [-0.4, -0.2) is 10.9 Å². The molecule has 0 radical (unpaired) electrons. The molecule has 0 saturated carbocycles. The van der Waals surface area contributed by atoms with Crippen molar-refractivity contribution in [3.8, 4) is 0 Å². The molecule has 6 heteroatoms. The molecule has 0 saturated heterocycles. The number of benzene rings is 1. The predicted molar refractivity (Wildman–Crippen MR) is 94.1 cm³/mol. The normalized spacial score (nSPS) is 12.1. The van der Waals surface area contributed by atoms with Crippen LogP contribution >= 0.6 is 11.3 Å². The van der Waals surface area contributed by atoms with Crippen LogP contribution in [0, 0.1) is 0 Å². The summed E-state index contributed by atoms with van der Waals surface area (Å²) in [5.74, 6) is 0.898. The lowest BCUT2D eigenvalue weighted by Gasteiger charge is -2.17. The minimum atomic E-state index is -0.0463. The Kier molecular flexibility index (Phi) is 5.08. The number of thiazole rings is 1. The van der Waals surface area contributed by atoms with E-state index >= 15 is 0 Å². The van der Waals surface area contributed by atoms with Crippen molar-refractivity contribution in [2.24, 2.45) is 0 Å². The molecule has 3 aromatic rings. The first kappa shape index (κ1) is 16.4. The van der Waals surface area contributed by atoms with Gasteiger partial charge in [-0.15, -0.1) is 11.3 Å². The standard InChI is InChI=1S/C18H19N3O2S/c1-13(17-9-6-10-23-17)19-11-15-12-24-18(20-15)21(14(2)22)16-7-4-3-5-8-16/h3-10,12-13,19H,11H2,1-2H3/p+1/t13-/m1/s1. The third-order valence-corrected chi connectivity index (χ3v) is 4.61. The fourth-order valence-electron chi connectivity index (χ4n) is 2.46. The van der Waals surface area contributed by atoms with Gasteiger partial charge in [0.25, 0.3) is 0 Å². The van der Waals surface area contributed by atoms with Gasteiger partial charge in [-0.2, -0.15) is 0 Å². The average Bonchev–Trinajstić information content (AvgIpc) is 3.26. The molecule has 0 aliphatic carbocycles. The highest BCUT2D eigenvalue weighted by Gasteiger charge is 2.19. The Morgan fingerprint density at radius 1 is 1.29 bits per heavy atom. The van der Waals surface area contributed by atoms with Gasteiger partial charge in [0.05, 0.1) is 12.0 Å². The highest BCUT2D eigenvalue weighted by Crippen LogP contribution is 2.28. The molecule has 3 rings (SSSR count). The van der Waals surface area contributed by atoms with Crippen LogP contribution < -0.4 is 10.2 Å². The number of rotatable bonds is 6. The van der Waals surface area contributed by atoms with Crippen molar-refractivity contribution in [1.82, 2.24) is 4.98 Å². The van der Waals surface area contributed by atoms with Crippen molar-refractivity contribution in [2.45, 2.75) is 26.4 Å². The van der Waals surface area contributed by atoms with Gasteiger partial charge in [-0.05, 0) is 31.2 Å². The van der Waals surface area contributed by atoms with Gasteiger partial charge in [-0.3, -0.25) is 9.69 Å². The number of carbonyl (C=O) groups is 1. The van der Waals surface area contributed by atoms with E-state index in [2.05, 4.69) is 17.2 Å². The van der Waals surface area contributed by atoms with E-state index in [9.17, 15) is 4.79 Å². The summed E-state index contributed by atoms with van der Waals surface area (Å²) in [5.41, 5.74) is 1.79. The maximum atomic E-state index is 12.0. The van der Waals surface area contributed by atoms with Crippen LogP contribution in [-0.2, 0) is 11.3 Å². The SMILES string of the molecule is CC(=O)N(c1ccccc1)c1nc(C[NH2+][C@H](C)c2ccco2)cs1. The Morgan fingerprint density at radius 2 is 2.08 bits per heavy atom. The summed E-state index contributed by atoms with van der Waals surface area (Å²) >= 11 is 1.48. The van der Waals surface area contributed by atoms with Crippen LogP contribution in [0.25, 0.3) is 0 Å². The number of amides is 1. The predicted octanol–water partition coefficient (Wildman–Crippen LogP) is 3.25. The highest BCUT2D eigenvalue weighted by atomic mass is 32.1. The van der Waals surface area contributed by atoms with Gasteiger partial charge in [0.2, 0.25) is 5.91 Å². The molecule has 1 atom stereocenters. The third-order valence-electron chi connectivity index (χ3n) is 3.73. The quantitative estimate of drug-likeness (QED) is 0.748. The molecular formula is C18H20N3O2S+. The number of carbonyl (C=O) groups excluding carboxylic acids is 1. The molecule has 5 nitrogen and oxygen atoms in total. The number of furan rings is 1. The monoisotopic (exact) mass is 342 g/mol. The van der Waals surface area contributed by atoms with E-state index in [0.717, 1.165) is 23.7 Å². The van der Waals surface area contributed by atoms with Crippen LogP contribution in [0.1, 0.15) is 31.3 Å². The lowest BCUT2D eigenvalue weighted by Crippen LogP contribution is -2.83. The Labute approximate surface area is 144 Å². The summed E-state index contributed by atoms with van der Waals surface area (Å²) in [5, 5.41) is 4.86. The number of anilines is 2. The maximum Gasteiger partial charge on any atom is 0.230 e. The zero-order valence-electron chi connectivity index (χ0n) is 13.7. The maximum absolute atomic E-state index is 12.0. The second kappa shape index (κ2) is 7.42. The first-order valence-electron chi connectivity index (χ1n) is 7.82. The number of quaternary nitrogens is 1. The van der Waals surface area contributed by atoms with Gasteiger partial charge in [0.15, 0.2) is 10.9 Å². The van der Waals surface area contributed by atoms with Gasteiger partial charge in [0, 0.05) is 12.3 Å². The number of nitrogens with zero attached hydrogens (tertiary/aromatic N) is 2. The van der Waals surface area contributed by atoms with E-state index in [-0.39, 0.29) is 11.9 Å². The molecule has 0 aliphatic rings. The van der Waals surface area contributed by atoms with Gasteiger partial charge >= 0.3 is 0 Å². The molecule has 1 amide bonds. The molecule has 2 heterocycles. The molecular weight excluding hydrogens is 322 g/mol. The van der Waals surface area contributed by atoms with Crippen molar-refractivity contribution in [3.63, 3.8) is 0 Å². The van der Waals surface area contributed by atoms with Crippen molar-refractivity contribution >= 4 is 28.1 Å². The Balaban J connectivity index is 1.71. The van der Waals surface area contributed by atoms with Gasteiger partial charge < -0.3 is 9.73 Å². The number of aromatic nitrogens is 1. The number of nitrogens with two attached hydrogens (primary N) is 1. The molecule has 124 valence electrons. The fourth-order valence-corrected chi connectivity index (χ4v) is 3.36.